The number of aryl methyl sites for hydroxylation is 1. The second kappa shape index (κ2) is 4.09. The lowest BCUT2D eigenvalue weighted by Crippen LogP contribution is -1.86. The van der Waals surface area contributed by atoms with Crippen LogP contribution in [-0.4, -0.2) is 10.2 Å². The van der Waals surface area contributed by atoms with Gasteiger partial charge in [-0.05, 0) is 12.0 Å². The van der Waals surface area contributed by atoms with Crippen LogP contribution in [-0.2, 0) is 6.42 Å². The van der Waals surface area contributed by atoms with E-state index in [0.29, 0.717) is 0 Å². The van der Waals surface area contributed by atoms with Crippen LogP contribution < -0.4 is 0 Å². The number of nitrogens with one attached hydrogen (secondary N) is 1. The zero-order valence-corrected chi connectivity index (χ0v) is 8.33. The maximum Gasteiger partial charge on any atom is 0.0568 e. The molecule has 0 spiro atoms. The molecular weight excluding hydrogens is 172 g/mol. The average molecular weight is 186 g/mol. The van der Waals surface area contributed by atoms with Gasteiger partial charge < -0.3 is 0 Å². The van der Waals surface area contributed by atoms with E-state index < -0.39 is 0 Å². The Kier molecular flexibility index (Phi) is 2.63. The van der Waals surface area contributed by atoms with Crippen molar-refractivity contribution in [3.8, 4) is 11.1 Å². The second-order valence-electron chi connectivity index (χ2n) is 3.38. The first-order valence-corrected chi connectivity index (χ1v) is 4.99. The number of benzene rings is 1. The highest BCUT2D eigenvalue weighted by molar-refractivity contribution is 5.64. The van der Waals surface area contributed by atoms with Crippen LogP contribution in [0.4, 0.5) is 0 Å². The van der Waals surface area contributed by atoms with Gasteiger partial charge in [0.25, 0.3) is 0 Å². The lowest BCUT2D eigenvalue weighted by Gasteiger charge is -2.00. The Morgan fingerprint density at radius 2 is 2.00 bits per heavy atom. The molecule has 2 heteroatoms. The van der Waals surface area contributed by atoms with Crippen molar-refractivity contribution in [1.82, 2.24) is 10.2 Å². The van der Waals surface area contributed by atoms with Gasteiger partial charge in [0, 0.05) is 11.3 Å². The fraction of sp³-hybridized carbons (Fsp3) is 0.250. The van der Waals surface area contributed by atoms with Crippen LogP contribution in [0.2, 0.25) is 0 Å². The Bertz CT molecular complexity index is 390. The third-order valence-corrected chi connectivity index (χ3v) is 2.30. The van der Waals surface area contributed by atoms with Gasteiger partial charge in [-0.3, -0.25) is 5.10 Å². The third-order valence-electron chi connectivity index (χ3n) is 2.30. The zero-order chi connectivity index (χ0) is 9.80. The van der Waals surface area contributed by atoms with Gasteiger partial charge in [-0.25, -0.2) is 0 Å². The topological polar surface area (TPSA) is 28.7 Å². The summed E-state index contributed by atoms with van der Waals surface area (Å²) in [6, 6.07) is 10.4. The van der Waals surface area contributed by atoms with Crippen LogP contribution in [0.25, 0.3) is 11.1 Å². The highest BCUT2D eigenvalue weighted by Gasteiger charge is 2.05. The minimum Gasteiger partial charge on any atom is -0.282 e. The molecule has 0 saturated heterocycles. The molecule has 14 heavy (non-hydrogen) atoms. The molecule has 2 aromatic rings. The standard InChI is InChI=1S/C12H14N2/c1-2-6-12-11(9-13-14-12)10-7-4-3-5-8-10/h3-5,7-9H,2,6H2,1H3,(H,13,14). The number of H-pyrrole nitrogens is 1. The molecule has 0 aliphatic carbocycles. The van der Waals surface area contributed by atoms with Crippen molar-refractivity contribution in [1.29, 1.82) is 0 Å². The van der Waals surface area contributed by atoms with E-state index in [0.717, 1.165) is 12.8 Å². The van der Waals surface area contributed by atoms with E-state index in [1.165, 1.54) is 16.8 Å². The lowest BCUT2D eigenvalue weighted by molar-refractivity contribution is 0.868. The fourth-order valence-electron chi connectivity index (χ4n) is 1.62. The number of aromatic nitrogens is 2. The van der Waals surface area contributed by atoms with Crippen LogP contribution in [0.5, 0.6) is 0 Å². The molecule has 0 atom stereocenters. The van der Waals surface area contributed by atoms with Crippen LogP contribution in [0.15, 0.2) is 36.5 Å². The van der Waals surface area contributed by atoms with Crippen molar-refractivity contribution in [3.63, 3.8) is 0 Å². The maximum absolute atomic E-state index is 4.09. The summed E-state index contributed by atoms with van der Waals surface area (Å²) in [7, 11) is 0. The Balaban J connectivity index is 2.37. The summed E-state index contributed by atoms with van der Waals surface area (Å²) in [4.78, 5) is 0. The van der Waals surface area contributed by atoms with Crippen LogP contribution in [0.3, 0.4) is 0 Å². The molecule has 2 rings (SSSR count). The molecule has 0 amide bonds. The fourth-order valence-corrected chi connectivity index (χ4v) is 1.62. The number of aromatic amines is 1. The number of nitrogens with zero attached hydrogens (tertiary/aromatic N) is 1. The molecule has 0 bridgehead atoms. The highest BCUT2D eigenvalue weighted by atomic mass is 15.1. The average Bonchev–Trinajstić information content (AvgIpc) is 2.68. The maximum atomic E-state index is 4.09. The van der Waals surface area contributed by atoms with E-state index in [2.05, 4.69) is 41.4 Å². The molecule has 1 aromatic heterocycles. The summed E-state index contributed by atoms with van der Waals surface area (Å²) in [5, 5.41) is 7.15. The molecule has 2 nitrogen and oxygen atoms in total. The zero-order valence-electron chi connectivity index (χ0n) is 8.33. The molecule has 0 unspecified atom stereocenters. The molecule has 0 aliphatic rings. The summed E-state index contributed by atoms with van der Waals surface area (Å²) < 4.78 is 0. The summed E-state index contributed by atoms with van der Waals surface area (Å²) in [6.45, 7) is 2.18. The van der Waals surface area contributed by atoms with Gasteiger partial charge in [0.05, 0.1) is 6.20 Å². The molecule has 0 fully saturated rings. The Hall–Kier alpha value is -1.57. The minimum atomic E-state index is 1.06. The van der Waals surface area contributed by atoms with Crippen molar-refractivity contribution < 1.29 is 0 Å². The molecule has 1 aromatic carbocycles. The minimum absolute atomic E-state index is 1.06. The molecule has 0 radical (unpaired) electrons. The van der Waals surface area contributed by atoms with E-state index in [9.17, 15) is 0 Å². The van der Waals surface area contributed by atoms with Crippen molar-refractivity contribution in [2.75, 3.05) is 0 Å². The molecule has 72 valence electrons. The molecule has 1 N–H and O–H groups in total. The molecule has 0 saturated carbocycles. The molecule has 0 aliphatic heterocycles. The van der Waals surface area contributed by atoms with Gasteiger partial charge in [-0.1, -0.05) is 43.7 Å². The van der Waals surface area contributed by atoms with Gasteiger partial charge in [0.1, 0.15) is 0 Å². The van der Waals surface area contributed by atoms with Crippen LogP contribution in [0.1, 0.15) is 19.0 Å². The van der Waals surface area contributed by atoms with Crippen molar-refractivity contribution in [2.45, 2.75) is 19.8 Å². The highest BCUT2D eigenvalue weighted by Crippen LogP contribution is 2.22. The first-order valence-electron chi connectivity index (χ1n) is 4.99. The number of hydrogen-bond acceptors (Lipinski definition) is 1. The quantitative estimate of drug-likeness (QED) is 0.784. The van der Waals surface area contributed by atoms with Gasteiger partial charge in [-0.15, -0.1) is 0 Å². The summed E-state index contributed by atoms with van der Waals surface area (Å²) in [6.07, 6.45) is 4.10. The van der Waals surface area contributed by atoms with Gasteiger partial charge in [0.2, 0.25) is 0 Å². The molecule has 1 heterocycles. The Morgan fingerprint density at radius 3 is 2.71 bits per heavy atom. The van der Waals surface area contributed by atoms with Crippen LogP contribution >= 0.6 is 0 Å². The van der Waals surface area contributed by atoms with Gasteiger partial charge in [-0.2, -0.15) is 5.10 Å². The van der Waals surface area contributed by atoms with E-state index in [4.69, 9.17) is 0 Å². The summed E-state index contributed by atoms with van der Waals surface area (Å²) >= 11 is 0. The van der Waals surface area contributed by atoms with E-state index >= 15 is 0 Å². The van der Waals surface area contributed by atoms with Crippen molar-refractivity contribution in [2.24, 2.45) is 0 Å². The van der Waals surface area contributed by atoms with Crippen LogP contribution in [0, 0.1) is 0 Å². The summed E-state index contributed by atoms with van der Waals surface area (Å²) in [5.41, 5.74) is 3.70. The third kappa shape index (κ3) is 1.69. The van der Waals surface area contributed by atoms with E-state index in [-0.39, 0.29) is 0 Å². The predicted octanol–water partition coefficient (Wildman–Crippen LogP) is 3.03. The largest absolute Gasteiger partial charge is 0.282 e. The number of hydrogen-bond donors (Lipinski definition) is 1. The monoisotopic (exact) mass is 186 g/mol. The van der Waals surface area contributed by atoms with Crippen molar-refractivity contribution in [3.05, 3.63) is 42.2 Å². The SMILES string of the molecule is CCCc1[nH]ncc1-c1ccccc1. The first-order chi connectivity index (χ1) is 6.92. The first kappa shape index (κ1) is 9.00. The van der Waals surface area contributed by atoms with Gasteiger partial charge >= 0.3 is 0 Å². The number of rotatable bonds is 3. The smallest absolute Gasteiger partial charge is 0.0568 e. The predicted molar refractivity (Wildman–Crippen MR) is 58.0 cm³/mol. The van der Waals surface area contributed by atoms with Gasteiger partial charge in [0.15, 0.2) is 0 Å². The molecular formula is C12H14N2. The van der Waals surface area contributed by atoms with E-state index in [1.807, 2.05) is 12.3 Å². The van der Waals surface area contributed by atoms with Crippen molar-refractivity contribution >= 4 is 0 Å². The summed E-state index contributed by atoms with van der Waals surface area (Å²) in [5.74, 6) is 0. The second-order valence-corrected chi connectivity index (χ2v) is 3.38. The Labute approximate surface area is 84.0 Å². The Morgan fingerprint density at radius 1 is 1.21 bits per heavy atom. The lowest BCUT2D eigenvalue weighted by atomic mass is 10.0. The van der Waals surface area contributed by atoms with E-state index in [1.54, 1.807) is 0 Å². The normalized spacial score (nSPS) is 10.4.